The molecule has 0 saturated heterocycles. The molecular formula is C17H13Cl2FN2. The van der Waals surface area contributed by atoms with E-state index in [1.807, 2.05) is 30.2 Å². The van der Waals surface area contributed by atoms with Gasteiger partial charge in [-0.15, -0.1) is 0 Å². The molecule has 2 nitrogen and oxygen atoms in total. The highest BCUT2D eigenvalue weighted by molar-refractivity contribution is 6.37. The molecule has 1 aliphatic heterocycles. The first-order valence-electron chi connectivity index (χ1n) is 6.73. The maximum atomic E-state index is 13.5. The fourth-order valence-corrected chi connectivity index (χ4v) is 2.86. The smallest absolute Gasteiger partial charge is 0.123 e. The highest BCUT2D eigenvalue weighted by Gasteiger charge is 2.16. The lowest BCUT2D eigenvalue weighted by Crippen LogP contribution is -2.23. The van der Waals surface area contributed by atoms with Crippen molar-refractivity contribution in [1.29, 1.82) is 0 Å². The Morgan fingerprint density at radius 3 is 2.68 bits per heavy atom. The molecule has 2 aromatic carbocycles. The van der Waals surface area contributed by atoms with Crippen LogP contribution in [0.15, 0.2) is 53.5 Å². The third kappa shape index (κ3) is 3.01. The maximum Gasteiger partial charge on any atom is 0.123 e. The third-order valence-corrected chi connectivity index (χ3v) is 4.01. The standard InChI is InChI=1S/C17H13Cl2FN2/c1-22-10-21-16(14-6-5-12(18)8-15(14)19)9-17(22)11-3-2-4-13(20)7-11/h2-9H,10H2,1H3. The summed E-state index contributed by atoms with van der Waals surface area (Å²) in [5, 5.41) is 1.13. The summed E-state index contributed by atoms with van der Waals surface area (Å²) in [5.74, 6) is -0.264. The zero-order valence-electron chi connectivity index (χ0n) is 11.9. The fraction of sp³-hybridized carbons (Fsp3) is 0.118. The molecule has 2 aromatic rings. The molecule has 22 heavy (non-hydrogen) atoms. The van der Waals surface area contributed by atoms with E-state index in [1.165, 1.54) is 12.1 Å². The lowest BCUT2D eigenvalue weighted by Gasteiger charge is -2.25. The van der Waals surface area contributed by atoms with Crippen molar-refractivity contribution < 1.29 is 4.39 Å². The minimum atomic E-state index is -0.264. The summed E-state index contributed by atoms with van der Waals surface area (Å²) in [6, 6.07) is 11.8. The van der Waals surface area contributed by atoms with Crippen LogP contribution in [-0.4, -0.2) is 24.3 Å². The van der Waals surface area contributed by atoms with E-state index in [9.17, 15) is 4.39 Å². The van der Waals surface area contributed by atoms with Gasteiger partial charge >= 0.3 is 0 Å². The number of hydrogen-bond acceptors (Lipinski definition) is 2. The van der Waals surface area contributed by atoms with E-state index in [0.29, 0.717) is 16.7 Å². The predicted molar refractivity (Wildman–Crippen MR) is 90.0 cm³/mol. The van der Waals surface area contributed by atoms with E-state index in [2.05, 4.69) is 4.99 Å². The highest BCUT2D eigenvalue weighted by Crippen LogP contribution is 2.27. The molecule has 0 unspecified atom stereocenters. The average molecular weight is 335 g/mol. The number of nitrogens with zero attached hydrogens (tertiary/aromatic N) is 2. The second kappa shape index (κ2) is 6.11. The summed E-state index contributed by atoms with van der Waals surface area (Å²) in [4.78, 5) is 6.47. The van der Waals surface area contributed by atoms with Gasteiger partial charge in [0, 0.05) is 28.9 Å². The van der Waals surface area contributed by atoms with E-state index in [4.69, 9.17) is 23.2 Å². The Kier molecular flexibility index (Phi) is 4.19. The molecule has 0 radical (unpaired) electrons. The summed E-state index contributed by atoms with van der Waals surface area (Å²) in [7, 11) is 1.92. The van der Waals surface area contributed by atoms with Crippen LogP contribution in [0.3, 0.4) is 0 Å². The van der Waals surface area contributed by atoms with Crippen LogP contribution in [0.25, 0.3) is 5.70 Å². The van der Waals surface area contributed by atoms with E-state index in [-0.39, 0.29) is 5.82 Å². The Labute approximate surface area is 138 Å². The lowest BCUT2D eigenvalue weighted by atomic mass is 10.0. The van der Waals surface area contributed by atoms with E-state index in [0.717, 1.165) is 22.5 Å². The first kappa shape index (κ1) is 15.1. The van der Waals surface area contributed by atoms with Gasteiger partial charge in [0.25, 0.3) is 0 Å². The van der Waals surface area contributed by atoms with Crippen LogP contribution < -0.4 is 0 Å². The van der Waals surface area contributed by atoms with Crippen molar-refractivity contribution in [2.75, 3.05) is 13.7 Å². The molecule has 0 spiro atoms. The van der Waals surface area contributed by atoms with Crippen molar-refractivity contribution in [3.63, 3.8) is 0 Å². The molecule has 0 aliphatic carbocycles. The van der Waals surface area contributed by atoms with Gasteiger partial charge in [0.2, 0.25) is 0 Å². The minimum absolute atomic E-state index is 0.264. The van der Waals surface area contributed by atoms with Crippen LogP contribution in [0.2, 0.25) is 10.0 Å². The second-order valence-corrected chi connectivity index (χ2v) is 5.89. The van der Waals surface area contributed by atoms with Crippen LogP contribution in [0.5, 0.6) is 0 Å². The lowest BCUT2D eigenvalue weighted by molar-refractivity contribution is 0.492. The van der Waals surface area contributed by atoms with Crippen LogP contribution in [0.1, 0.15) is 11.1 Å². The largest absolute Gasteiger partial charge is 0.355 e. The maximum absolute atomic E-state index is 13.5. The molecule has 0 fully saturated rings. The zero-order valence-corrected chi connectivity index (χ0v) is 13.4. The number of benzene rings is 2. The molecule has 0 saturated carbocycles. The zero-order chi connectivity index (χ0) is 15.7. The summed E-state index contributed by atoms with van der Waals surface area (Å²) in [6.07, 6.45) is 1.91. The highest BCUT2D eigenvalue weighted by atomic mass is 35.5. The molecule has 1 heterocycles. The van der Waals surface area contributed by atoms with Gasteiger partial charge in [-0.25, -0.2) is 4.39 Å². The number of hydrogen-bond donors (Lipinski definition) is 0. The predicted octanol–water partition coefficient (Wildman–Crippen LogP) is 4.87. The number of halogens is 3. The van der Waals surface area contributed by atoms with Crippen LogP contribution in [0.4, 0.5) is 4.39 Å². The Morgan fingerprint density at radius 2 is 1.95 bits per heavy atom. The second-order valence-electron chi connectivity index (χ2n) is 5.05. The number of aliphatic imine (C=N–C) groups is 1. The molecule has 0 amide bonds. The SMILES string of the molecule is CN1CN=C(c2ccc(Cl)cc2Cl)C=C1c1cccc(F)c1. The van der Waals surface area contributed by atoms with Crippen molar-refractivity contribution in [3.8, 4) is 0 Å². The van der Waals surface area contributed by atoms with Gasteiger partial charge in [-0.3, -0.25) is 4.99 Å². The molecule has 3 rings (SSSR count). The monoisotopic (exact) mass is 334 g/mol. The van der Waals surface area contributed by atoms with Crippen molar-refractivity contribution >= 4 is 34.6 Å². The van der Waals surface area contributed by atoms with Crippen LogP contribution in [-0.2, 0) is 0 Å². The quantitative estimate of drug-likeness (QED) is 0.765. The summed E-state index contributed by atoms with van der Waals surface area (Å²) in [5.41, 5.74) is 3.28. The van der Waals surface area contributed by atoms with Gasteiger partial charge in [0.1, 0.15) is 12.5 Å². The average Bonchev–Trinajstić information content (AvgIpc) is 2.48. The van der Waals surface area contributed by atoms with Crippen LogP contribution >= 0.6 is 23.2 Å². The first-order chi connectivity index (χ1) is 10.5. The van der Waals surface area contributed by atoms with Crippen molar-refractivity contribution in [1.82, 2.24) is 4.90 Å². The third-order valence-electron chi connectivity index (χ3n) is 3.47. The summed E-state index contributed by atoms with van der Waals surface area (Å²) in [6.45, 7) is 0.483. The Hall–Kier alpha value is -1.84. The number of allylic oxidation sites excluding steroid dienone is 1. The van der Waals surface area contributed by atoms with Crippen molar-refractivity contribution in [2.24, 2.45) is 4.99 Å². The molecule has 0 atom stereocenters. The molecule has 0 N–H and O–H groups in total. The topological polar surface area (TPSA) is 15.6 Å². The van der Waals surface area contributed by atoms with E-state index in [1.54, 1.807) is 18.2 Å². The van der Waals surface area contributed by atoms with Gasteiger partial charge in [-0.2, -0.15) is 0 Å². The molecule has 112 valence electrons. The Balaban J connectivity index is 2.04. The van der Waals surface area contributed by atoms with Crippen LogP contribution in [0, 0.1) is 5.82 Å². The summed E-state index contributed by atoms with van der Waals surface area (Å²) >= 11 is 12.2. The molecule has 5 heteroatoms. The van der Waals surface area contributed by atoms with Gasteiger partial charge in [-0.05, 0) is 36.4 Å². The van der Waals surface area contributed by atoms with E-state index < -0.39 is 0 Å². The summed E-state index contributed by atoms with van der Waals surface area (Å²) < 4.78 is 13.5. The molecule has 0 bridgehead atoms. The Morgan fingerprint density at radius 1 is 1.14 bits per heavy atom. The van der Waals surface area contributed by atoms with Crippen molar-refractivity contribution in [3.05, 3.63) is 75.5 Å². The van der Waals surface area contributed by atoms with Gasteiger partial charge < -0.3 is 4.90 Å². The minimum Gasteiger partial charge on any atom is -0.355 e. The van der Waals surface area contributed by atoms with Gasteiger partial charge in [0.15, 0.2) is 0 Å². The van der Waals surface area contributed by atoms with Gasteiger partial charge in [0.05, 0.1) is 10.7 Å². The molecular weight excluding hydrogens is 322 g/mol. The molecule has 1 aliphatic rings. The fourth-order valence-electron chi connectivity index (χ4n) is 2.36. The van der Waals surface area contributed by atoms with Crippen molar-refractivity contribution in [2.45, 2.75) is 0 Å². The van der Waals surface area contributed by atoms with E-state index >= 15 is 0 Å². The molecule has 0 aromatic heterocycles. The van der Waals surface area contributed by atoms with Gasteiger partial charge in [-0.1, -0.05) is 35.3 Å². The Bertz CT molecular complexity index is 784. The number of rotatable bonds is 2. The first-order valence-corrected chi connectivity index (χ1v) is 7.49. The normalized spacial score (nSPS) is 14.6.